The zero-order valence-electron chi connectivity index (χ0n) is 15.1. The van der Waals surface area contributed by atoms with Gasteiger partial charge in [0.2, 0.25) is 11.5 Å². The number of allylic oxidation sites excluding steroid dienone is 5. The molecule has 25 heavy (non-hydrogen) atoms. The highest BCUT2D eigenvalue weighted by molar-refractivity contribution is 6.02. The van der Waals surface area contributed by atoms with Crippen LogP contribution in [0.25, 0.3) is 0 Å². The van der Waals surface area contributed by atoms with Crippen molar-refractivity contribution in [1.82, 2.24) is 0 Å². The lowest BCUT2D eigenvalue weighted by Gasteiger charge is -2.56. The largest absolute Gasteiger partial charge is 0.504 e. The van der Waals surface area contributed by atoms with Gasteiger partial charge in [0.1, 0.15) is 0 Å². The number of carbonyl (C=O) groups is 2. The molecular weight excluding hydrogens is 316 g/mol. The zero-order valence-corrected chi connectivity index (χ0v) is 15.1. The van der Waals surface area contributed by atoms with Crippen molar-refractivity contribution in [3.05, 3.63) is 34.8 Å². The summed E-state index contributed by atoms with van der Waals surface area (Å²) in [6.45, 7) is 5.82. The molecule has 134 valence electrons. The molecular formula is C21H26O4. The molecule has 2 saturated carbocycles. The van der Waals surface area contributed by atoms with Gasteiger partial charge in [-0.3, -0.25) is 9.59 Å². The quantitative estimate of drug-likeness (QED) is 0.749. The summed E-state index contributed by atoms with van der Waals surface area (Å²) in [5.41, 5.74) is 1.12. The third-order valence-electron chi connectivity index (χ3n) is 7.79. The first-order valence-corrected chi connectivity index (χ1v) is 9.31. The van der Waals surface area contributed by atoms with E-state index in [1.807, 2.05) is 6.92 Å². The summed E-state index contributed by atoms with van der Waals surface area (Å²) in [7, 11) is 0. The molecule has 5 atom stereocenters. The van der Waals surface area contributed by atoms with Crippen LogP contribution in [0.15, 0.2) is 34.8 Å². The van der Waals surface area contributed by atoms with Crippen molar-refractivity contribution < 1.29 is 19.8 Å². The molecule has 2 N–H and O–H groups in total. The first-order chi connectivity index (χ1) is 11.7. The summed E-state index contributed by atoms with van der Waals surface area (Å²) in [6, 6.07) is 0. The molecule has 2 fully saturated rings. The van der Waals surface area contributed by atoms with Crippen LogP contribution < -0.4 is 0 Å². The van der Waals surface area contributed by atoms with Gasteiger partial charge in [0.25, 0.3) is 0 Å². The number of aliphatic hydroxyl groups is 2. The number of carbonyl (C=O) groups excluding carboxylic acids is 2. The maximum Gasteiger partial charge on any atom is 0.211 e. The summed E-state index contributed by atoms with van der Waals surface area (Å²) in [5, 5.41) is 19.9. The van der Waals surface area contributed by atoms with E-state index in [-0.39, 0.29) is 28.7 Å². The van der Waals surface area contributed by atoms with Gasteiger partial charge in [-0.1, -0.05) is 18.6 Å². The highest BCUT2D eigenvalue weighted by Gasteiger charge is 2.60. The Kier molecular flexibility index (Phi) is 3.38. The van der Waals surface area contributed by atoms with E-state index in [1.165, 1.54) is 0 Å². The highest BCUT2D eigenvalue weighted by atomic mass is 16.3. The van der Waals surface area contributed by atoms with E-state index in [9.17, 15) is 19.8 Å². The Morgan fingerprint density at radius 1 is 1.20 bits per heavy atom. The predicted molar refractivity (Wildman–Crippen MR) is 93.9 cm³/mol. The van der Waals surface area contributed by atoms with Crippen molar-refractivity contribution in [2.45, 2.75) is 52.9 Å². The Morgan fingerprint density at radius 2 is 1.92 bits per heavy atom. The van der Waals surface area contributed by atoms with Crippen LogP contribution in [0.4, 0.5) is 0 Å². The highest BCUT2D eigenvalue weighted by Crippen LogP contribution is 2.64. The minimum absolute atomic E-state index is 0.0810. The smallest absolute Gasteiger partial charge is 0.211 e. The van der Waals surface area contributed by atoms with E-state index in [0.717, 1.165) is 43.3 Å². The van der Waals surface area contributed by atoms with Crippen LogP contribution in [0.2, 0.25) is 0 Å². The lowest BCUT2D eigenvalue weighted by molar-refractivity contribution is -0.135. The first-order valence-electron chi connectivity index (χ1n) is 9.31. The lowest BCUT2D eigenvalue weighted by atomic mass is 9.47. The molecule has 0 spiro atoms. The number of hydrogen-bond acceptors (Lipinski definition) is 4. The van der Waals surface area contributed by atoms with Gasteiger partial charge in [0.15, 0.2) is 11.5 Å². The Hall–Kier alpha value is -1.84. The Labute approximate surface area is 148 Å². The van der Waals surface area contributed by atoms with E-state index >= 15 is 0 Å². The van der Waals surface area contributed by atoms with Gasteiger partial charge < -0.3 is 10.2 Å². The lowest BCUT2D eigenvalue weighted by Crippen LogP contribution is -2.53. The third kappa shape index (κ3) is 1.94. The minimum atomic E-state index is -0.723. The van der Waals surface area contributed by atoms with Gasteiger partial charge in [-0.05, 0) is 80.8 Å². The molecule has 4 aliphatic rings. The number of Topliss-reactive ketones (excluding diaryl/α,β-unsaturated/α-hetero) is 2. The first kappa shape index (κ1) is 16.6. The van der Waals surface area contributed by atoms with Crippen molar-refractivity contribution in [1.29, 1.82) is 0 Å². The molecule has 0 aromatic carbocycles. The van der Waals surface area contributed by atoms with E-state index in [4.69, 9.17) is 0 Å². The maximum absolute atomic E-state index is 12.9. The van der Waals surface area contributed by atoms with Crippen LogP contribution in [0.5, 0.6) is 0 Å². The fourth-order valence-electron chi connectivity index (χ4n) is 6.47. The standard InChI is InChI=1S/C21H26O4/c1-11(22)14-6-7-15-13-5-4-12-10-17(23)18(24)19(25)21(12,3)16(13)8-9-20(14,15)2/h6,10,13,15-16,23-24H,4-5,7-9H2,1-3H3/t13-,15-,16-,20+,21-/m0/s1. The van der Waals surface area contributed by atoms with Crippen molar-refractivity contribution >= 4 is 11.6 Å². The summed E-state index contributed by atoms with van der Waals surface area (Å²) in [5.74, 6) is -0.0342. The summed E-state index contributed by atoms with van der Waals surface area (Å²) in [4.78, 5) is 25.0. The number of ketones is 2. The van der Waals surface area contributed by atoms with Gasteiger partial charge in [0, 0.05) is 0 Å². The van der Waals surface area contributed by atoms with Gasteiger partial charge in [-0.15, -0.1) is 0 Å². The third-order valence-corrected chi connectivity index (χ3v) is 7.79. The number of hydrogen-bond donors (Lipinski definition) is 2. The molecule has 0 heterocycles. The summed E-state index contributed by atoms with van der Waals surface area (Å²) in [6.07, 6.45) is 8.15. The molecule has 0 unspecified atom stereocenters. The molecule has 0 aromatic rings. The maximum atomic E-state index is 12.9. The zero-order chi connectivity index (χ0) is 18.1. The van der Waals surface area contributed by atoms with Crippen molar-refractivity contribution in [2.24, 2.45) is 28.6 Å². The van der Waals surface area contributed by atoms with Crippen LogP contribution >= 0.6 is 0 Å². The summed E-state index contributed by atoms with van der Waals surface area (Å²) >= 11 is 0. The molecule has 0 aromatic heterocycles. The van der Waals surface area contributed by atoms with Crippen LogP contribution in [-0.2, 0) is 9.59 Å². The van der Waals surface area contributed by atoms with Crippen molar-refractivity contribution in [3.63, 3.8) is 0 Å². The molecule has 4 rings (SSSR count). The molecule has 0 radical (unpaired) electrons. The van der Waals surface area contributed by atoms with Gasteiger partial charge in [-0.2, -0.15) is 0 Å². The predicted octanol–water partition coefficient (Wildman–Crippen LogP) is 4.19. The van der Waals surface area contributed by atoms with Crippen LogP contribution in [-0.4, -0.2) is 21.8 Å². The molecule has 4 nitrogen and oxygen atoms in total. The van der Waals surface area contributed by atoms with Gasteiger partial charge >= 0.3 is 0 Å². The molecule has 4 aliphatic carbocycles. The van der Waals surface area contributed by atoms with Crippen molar-refractivity contribution in [3.8, 4) is 0 Å². The fourth-order valence-corrected chi connectivity index (χ4v) is 6.47. The Balaban J connectivity index is 1.73. The van der Waals surface area contributed by atoms with E-state index < -0.39 is 11.2 Å². The SMILES string of the molecule is CC(=O)C1=CC[C@H]2[C@@H]3CCC4=CC(O)=C(O)C(=O)[C@]4(C)[C@H]3CC[C@]12C. The van der Waals surface area contributed by atoms with Crippen LogP contribution in [0.3, 0.4) is 0 Å². The van der Waals surface area contributed by atoms with Crippen LogP contribution in [0.1, 0.15) is 52.9 Å². The minimum Gasteiger partial charge on any atom is -0.504 e. The molecule has 0 bridgehead atoms. The number of fused-ring (bicyclic) bond motifs is 5. The molecule has 0 saturated heterocycles. The monoisotopic (exact) mass is 342 g/mol. The molecule has 4 heteroatoms. The topological polar surface area (TPSA) is 74.6 Å². The second kappa shape index (κ2) is 5.09. The van der Waals surface area contributed by atoms with E-state index in [2.05, 4.69) is 13.0 Å². The number of aliphatic hydroxyl groups excluding tert-OH is 2. The molecule has 0 aliphatic heterocycles. The van der Waals surface area contributed by atoms with Gasteiger partial charge in [-0.25, -0.2) is 0 Å². The Bertz CT molecular complexity index is 771. The summed E-state index contributed by atoms with van der Waals surface area (Å²) < 4.78 is 0. The normalized spacial score (nSPS) is 43.0. The van der Waals surface area contributed by atoms with Gasteiger partial charge in [0.05, 0.1) is 5.41 Å². The van der Waals surface area contributed by atoms with E-state index in [1.54, 1.807) is 13.0 Å². The second-order valence-electron chi connectivity index (χ2n) is 8.72. The second-order valence-corrected chi connectivity index (χ2v) is 8.72. The Morgan fingerprint density at radius 3 is 2.60 bits per heavy atom. The fraction of sp³-hybridized carbons (Fsp3) is 0.619. The van der Waals surface area contributed by atoms with E-state index in [0.29, 0.717) is 11.8 Å². The van der Waals surface area contributed by atoms with Crippen molar-refractivity contribution in [2.75, 3.05) is 0 Å². The molecule has 0 amide bonds. The number of rotatable bonds is 1. The average Bonchev–Trinajstić information content (AvgIpc) is 2.92. The average molecular weight is 342 g/mol. The van der Waals surface area contributed by atoms with Crippen LogP contribution in [0, 0.1) is 28.6 Å².